The lowest BCUT2D eigenvalue weighted by Crippen LogP contribution is -2.01. The van der Waals surface area contributed by atoms with Crippen molar-refractivity contribution < 1.29 is 4.74 Å². The number of pyridine rings is 2. The van der Waals surface area contributed by atoms with Crippen molar-refractivity contribution >= 4 is 22.9 Å². The van der Waals surface area contributed by atoms with E-state index in [1.54, 1.807) is 12.4 Å². The molecule has 0 bridgehead atoms. The Kier molecular flexibility index (Phi) is 9.06. The first-order valence-electron chi connectivity index (χ1n) is 20.2. The summed E-state index contributed by atoms with van der Waals surface area (Å²) in [7, 11) is 0. The maximum atomic E-state index is 7.12. The van der Waals surface area contributed by atoms with Gasteiger partial charge in [0, 0.05) is 69.1 Å². The van der Waals surface area contributed by atoms with E-state index in [2.05, 4.69) is 156 Å². The summed E-state index contributed by atoms with van der Waals surface area (Å²) in [4.78, 5) is 24.3. The van der Waals surface area contributed by atoms with Gasteiger partial charge in [0.2, 0.25) is 0 Å². The molecule has 1 aliphatic rings. The van der Waals surface area contributed by atoms with Crippen LogP contribution in [0.2, 0.25) is 0 Å². The molecule has 0 fully saturated rings. The Bertz CT molecular complexity index is 3190. The predicted molar refractivity (Wildman–Crippen MR) is 246 cm³/mol. The zero-order valence-corrected chi connectivity index (χ0v) is 32.9. The van der Waals surface area contributed by atoms with Crippen molar-refractivity contribution in [1.29, 1.82) is 0 Å². The highest BCUT2D eigenvalue weighted by atomic mass is 16.5. The number of hydrogen-bond acceptors (Lipinski definition) is 6. The Morgan fingerprint density at radius 1 is 0.344 bits per heavy atom. The van der Waals surface area contributed by atoms with Crippen LogP contribution in [0.1, 0.15) is 11.1 Å². The first-order chi connectivity index (χ1) is 30.2. The smallest absolute Gasteiger partial charge is 0.164 e. The summed E-state index contributed by atoms with van der Waals surface area (Å²) in [6, 6.07) is 60.5. The van der Waals surface area contributed by atoms with Gasteiger partial charge in [0.25, 0.3) is 0 Å². The Hall–Kier alpha value is -8.35. The highest BCUT2D eigenvalue weighted by Crippen LogP contribution is 2.45. The molecule has 0 amide bonds. The minimum atomic E-state index is 0.554. The van der Waals surface area contributed by atoms with E-state index in [-0.39, 0.29) is 0 Å². The first kappa shape index (κ1) is 35.8. The normalized spacial score (nSPS) is 12.2. The fourth-order valence-electron chi connectivity index (χ4n) is 8.10. The van der Waals surface area contributed by atoms with Crippen LogP contribution in [-0.2, 0) is 0 Å². The summed E-state index contributed by atoms with van der Waals surface area (Å²) in [6.45, 7) is 0. The van der Waals surface area contributed by atoms with E-state index in [1.807, 2.05) is 54.9 Å². The van der Waals surface area contributed by atoms with Gasteiger partial charge in [-0.15, -0.1) is 0 Å². The molecule has 0 N–H and O–H groups in total. The van der Waals surface area contributed by atoms with Gasteiger partial charge < -0.3 is 4.74 Å². The van der Waals surface area contributed by atoms with Gasteiger partial charge in [-0.2, -0.15) is 0 Å². The second-order valence-corrected chi connectivity index (χ2v) is 14.9. The summed E-state index contributed by atoms with van der Waals surface area (Å²) in [5.74, 6) is 3.26. The molecule has 11 rings (SSSR count). The lowest BCUT2D eigenvalue weighted by Gasteiger charge is -2.18. The largest absolute Gasteiger partial charge is 0.455 e. The van der Waals surface area contributed by atoms with Gasteiger partial charge in [0.15, 0.2) is 17.5 Å². The topological polar surface area (TPSA) is 73.7 Å². The van der Waals surface area contributed by atoms with E-state index < -0.39 is 0 Å². The third-order valence-corrected chi connectivity index (χ3v) is 11.1. The van der Waals surface area contributed by atoms with E-state index >= 15 is 0 Å². The Morgan fingerprint density at radius 3 is 1.57 bits per heavy atom. The molecule has 3 aromatic heterocycles. The number of fused-ring (bicyclic) bond motifs is 8. The highest BCUT2D eigenvalue weighted by Gasteiger charge is 2.21. The molecule has 6 heteroatoms. The number of ether oxygens (including phenoxy) is 1. The maximum Gasteiger partial charge on any atom is 0.164 e. The van der Waals surface area contributed by atoms with Crippen LogP contribution in [-0.4, -0.2) is 24.9 Å². The molecular formula is C55H35N5O. The molecule has 0 atom stereocenters. The Labute approximate surface area is 353 Å². The molecule has 0 radical (unpaired) electrons. The SMILES string of the molecule is C1=C\c2ccc(-c3nc(-c4cccc(-c5cccnc5)c4)nc(-c4cccc(-c5cccnc5)c4)n3)cc2-c2ccc3ccccc3c2Oc2ccccc2-c2ccccc2/1. The molecule has 7 aromatic carbocycles. The van der Waals surface area contributed by atoms with Crippen molar-refractivity contribution in [3.8, 4) is 90.2 Å². The molecular weight excluding hydrogens is 747 g/mol. The molecule has 286 valence electrons. The van der Waals surface area contributed by atoms with Crippen LogP contribution < -0.4 is 4.74 Å². The fourth-order valence-corrected chi connectivity index (χ4v) is 8.10. The van der Waals surface area contributed by atoms with E-state index in [4.69, 9.17) is 19.7 Å². The minimum absolute atomic E-state index is 0.554. The minimum Gasteiger partial charge on any atom is -0.455 e. The summed E-state index contributed by atoms with van der Waals surface area (Å²) in [5, 5.41) is 2.12. The monoisotopic (exact) mass is 781 g/mol. The van der Waals surface area contributed by atoms with Gasteiger partial charge in [-0.1, -0.05) is 146 Å². The molecule has 10 aromatic rings. The van der Waals surface area contributed by atoms with Crippen molar-refractivity contribution in [3.05, 3.63) is 212 Å². The molecule has 1 aliphatic heterocycles. The molecule has 0 saturated carbocycles. The zero-order chi connectivity index (χ0) is 40.5. The van der Waals surface area contributed by atoms with Gasteiger partial charge in [0.1, 0.15) is 11.5 Å². The third-order valence-electron chi connectivity index (χ3n) is 11.1. The summed E-state index contributed by atoms with van der Waals surface area (Å²) in [6.07, 6.45) is 11.7. The predicted octanol–water partition coefficient (Wildman–Crippen LogP) is 13.8. The van der Waals surface area contributed by atoms with E-state index in [0.717, 1.165) is 94.6 Å². The summed E-state index contributed by atoms with van der Waals surface area (Å²) in [5.41, 5.74) is 12.9. The van der Waals surface area contributed by atoms with Crippen LogP contribution in [0.4, 0.5) is 0 Å². The fraction of sp³-hybridized carbons (Fsp3) is 0. The van der Waals surface area contributed by atoms with Crippen LogP contribution in [0, 0.1) is 0 Å². The number of rotatable bonds is 5. The number of nitrogens with zero attached hydrogens (tertiary/aromatic N) is 5. The molecule has 61 heavy (non-hydrogen) atoms. The van der Waals surface area contributed by atoms with Gasteiger partial charge >= 0.3 is 0 Å². The van der Waals surface area contributed by atoms with Crippen molar-refractivity contribution in [3.63, 3.8) is 0 Å². The van der Waals surface area contributed by atoms with Crippen molar-refractivity contribution in [2.75, 3.05) is 0 Å². The summed E-state index contributed by atoms with van der Waals surface area (Å²) >= 11 is 0. The zero-order valence-electron chi connectivity index (χ0n) is 32.9. The maximum absolute atomic E-state index is 7.12. The van der Waals surface area contributed by atoms with Gasteiger partial charge in [-0.25, -0.2) is 15.0 Å². The molecule has 6 nitrogen and oxygen atoms in total. The molecule has 0 spiro atoms. The lowest BCUT2D eigenvalue weighted by atomic mass is 9.93. The second kappa shape index (κ2) is 15.4. The van der Waals surface area contributed by atoms with Gasteiger partial charge in [0.05, 0.1) is 0 Å². The van der Waals surface area contributed by atoms with E-state index in [9.17, 15) is 0 Å². The van der Waals surface area contributed by atoms with Gasteiger partial charge in [-0.3, -0.25) is 9.97 Å². The third kappa shape index (κ3) is 6.92. The van der Waals surface area contributed by atoms with Crippen LogP contribution in [0.25, 0.3) is 102 Å². The molecule has 0 unspecified atom stereocenters. The van der Waals surface area contributed by atoms with Crippen LogP contribution in [0.15, 0.2) is 201 Å². The van der Waals surface area contributed by atoms with Crippen LogP contribution in [0.5, 0.6) is 11.5 Å². The average Bonchev–Trinajstić information content (AvgIpc) is 3.36. The molecule has 4 heterocycles. The number of benzene rings is 7. The molecule has 0 aliphatic carbocycles. The first-order valence-corrected chi connectivity index (χ1v) is 20.2. The van der Waals surface area contributed by atoms with Crippen molar-refractivity contribution in [2.45, 2.75) is 0 Å². The lowest BCUT2D eigenvalue weighted by molar-refractivity contribution is 0.492. The number of hydrogen-bond donors (Lipinski definition) is 0. The van der Waals surface area contributed by atoms with Gasteiger partial charge in [-0.05, 0) is 81.2 Å². The summed E-state index contributed by atoms with van der Waals surface area (Å²) < 4.78 is 7.12. The quantitative estimate of drug-likeness (QED) is 0.173. The van der Waals surface area contributed by atoms with Crippen LogP contribution >= 0.6 is 0 Å². The van der Waals surface area contributed by atoms with Crippen LogP contribution in [0.3, 0.4) is 0 Å². The molecule has 0 saturated heterocycles. The van der Waals surface area contributed by atoms with E-state index in [1.165, 1.54) is 0 Å². The van der Waals surface area contributed by atoms with Crippen molar-refractivity contribution in [2.24, 2.45) is 0 Å². The Morgan fingerprint density at radius 2 is 0.902 bits per heavy atom. The highest BCUT2D eigenvalue weighted by molar-refractivity contribution is 5.99. The van der Waals surface area contributed by atoms with E-state index in [0.29, 0.717) is 17.5 Å². The number of aromatic nitrogens is 5. The Balaban J connectivity index is 1.13. The van der Waals surface area contributed by atoms with Crippen molar-refractivity contribution in [1.82, 2.24) is 24.9 Å². The number of para-hydroxylation sites is 1. The second-order valence-electron chi connectivity index (χ2n) is 14.9. The standard InChI is InChI=1S/C55H35N5O/c1-3-19-46-36(11-1)23-24-38-25-26-43(33-50(38)49-28-27-37-12-2-4-20-47(37)52(49)61-51-22-6-5-21-48(46)51)55-59-53(41-15-7-13-39(31-41)44-17-9-29-56-34-44)58-54(60-55)42-16-8-14-40(32-42)45-18-10-30-57-35-45/h1-35H/b24-23-. The average molecular weight is 782 g/mol.